The van der Waals surface area contributed by atoms with Gasteiger partial charge >= 0.3 is 0 Å². The normalized spacial score (nSPS) is 23.0. The van der Waals surface area contributed by atoms with Gasteiger partial charge < -0.3 is 5.32 Å². The molecule has 2 rings (SSSR count). The second-order valence-corrected chi connectivity index (χ2v) is 7.70. The molecular weight excluding hydrogens is 284 g/mol. The highest BCUT2D eigenvalue weighted by Gasteiger charge is 2.20. The Morgan fingerprint density at radius 2 is 1.81 bits per heavy atom. The third kappa shape index (κ3) is 4.45. The number of nitrogens with one attached hydrogen (secondary N) is 2. The summed E-state index contributed by atoms with van der Waals surface area (Å²) in [7, 11) is -3.35. The third-order valence-corrected chi connectivity index (χ3v) is 5.92. The van der Waals surface area contributed by atoms with Gasteiger partial charge in [0.05, 0.1) is 4.90 Å². The van der Waals surface area contributed by atoms with Crippen LogP contribution in [0, 0.1) is 11.8 Å². The Bertz CT molecular complexity index is 540. The van der Waals surface area contributed by atoms with Crippen LogP contribution in [0.15, 0.2) is 29.2 Å². The standard InChI is InChI=1S/C16H26N2O2S/c1-3-18-21(19,20)16-10-8-15(9-11-16)17-12-14-7-5-4-6-13(14)2/h8-11,13-14,17-18H,3-7,12H2,1-2H3. The fourth-order valence-electron chi connectivity index (χ4n) is 2.97. The van der Waals surface area contributed by atoms with Crippen LogP contribution in [0.2, 0.25) is 0 Å². The molecular formula is C16H26N2O2S. The first-order valence-electron chi connectivity index (χ1n) is 7.86. The molecule has 1 aliphatic rings. The van der Waals surface area contributed by atoms with Crippen LogP contribution in [-0.4, -0.2) is 21.5 Å². The SMILES string of the molecule is CCNS(=O)(=O)c1ccc(NCC2CCCCC2C)cc1. The van der Waals surface area contributed by atoms with Gasteiger partial charge in [-0.1, -0.05) is 33.1 Å². The van der Waals surface area contributed by atoms with Crippen LogP contribution in [0.4, 0.5) is 5.69 Å². The molecule has 0 heterocycles. The summed E-state index contributed by atoms with van der Waals surface area (Å²) in [6.07, 6.45) is 5.30. The second-order valence-electron chi connectivity index (χ2n) is 5.93. The fraction of sp³-hybridized carbons (Fsp3) is 0.625. The molecule has 0 aromatic heterocycles. The van der Waals surface area contributed by atoms with E-state index in [4.69, 9.17) is 0 Å². The van der Waals surface area contributed by atoms with Crippen LogP contribution in [-0.2, 0) is 10.0 Å². The number of benzene rings is 1. The molecule has 0 saturated heterocycles. The Morgan fingerprint density at radius 1 is 1.14 bits per heavy atom. The molecule has 5 heteroatoms. The predicted octanol–water partition coefficient (Wildman–Crippen LogP) is 3.22. The lowest BCUT2D eigenvalue weighted by Gasteiger charge is -2.29. The van der Waals surface area contributed by atoms with Gasteiger partial charge in [0.1, 0.15) is 0 Å². The van der Waals surface area contributed by atoms with Crippen LogP contribution in [0.5, 0.6) is 0 Å². The molecule has 4 nitrogen and oxygen atoms in total. The summed E-state index contributed by atoms with van der Waals surface area (Å²) < 4.78 is 26.2. The smallest absolute Gasteiger partial charge is 0.240 e. The van der Waals surface area contributed by atoms with E-state index in [1.165, 1.54) is 25.7 Å². The third-order valence-electron chi connectivity index (χ3n) is 4.36. The van der Waals surface area contributed by atoms with Crippen molar-refractivity contribution >= 4 is 15.7 Å². The molecule has 0 aliphatic heterocycles. The van der Waals surface area contributed by atoms with Crippen molar-refractivity contribution in [3.8, 4) is 0 Å². The van der Waals surface area contributed by atoms with Gasteiger partial charge in [0.15, 0.2) is 0 Å². The second kappa shape index (κ2) is 7.27. The Labute approximate surface area is 128 Å². The number of hydrogen-bond acceptors (Lipinski definition) is 3. The Hall–Kier alpha value is -1.07. The molecule has 118 valence electrons. The topological polar surface area (TPSA) is 58.2 Å². The molecule has 2 atom stereocenters. The predicted molar refractivity (Wildman–Crippen MR) is 86.9 cm³/mol. The van der Waals surface area contributed by atoms with E-state index in [1.54, 1.807) is 19.1 Å². The van der Waals surface area contributed by atoms with Crippen molar-refractivity contribution in [1.29, 1.82) is 0 Å². The van der Waals surface area contributed by atoms with Crippen molar-refractivity contribution in [3.05, 3.63) is 24.3 Å². The largest absolute Gasteiger partial charge is 0.385 e. The van der Waals surface area contributed by atoms with Gasteiger partial charge in [0, 0.05) is 18.8 Å². The summed E-state index contributed by atoms with van der Waals surface area (Å²) in [6.45, 7) is 5.48. The van der Waals surface area contributed by atoms with E-state index in [0.29, 0.717) is 11.4 Å². The van der Waals surface area contributed by atoms with E-state index in [9.17, 15) is 8.42 Å². The number of anilines is 1. The number of rotatable bonds is 6. The van der Waals surface area contributed by atoms with Crippen molar-refractivity contribution in [2.45, 2.75) is 44.4 Å². The van der Waals surface area contributed by atoms with Crippen LogP contribution in [0.3, 0.4) is 0 Å². The van der Waals surface area contributed by atoms with Gasteiger partial charge in [-0.25, -0.2) is 13.1 Å². The molecule has 1 aromatic carbocycles. The average Bonchev–Trinajstić information content (AvgIpc) is 2.47. The van der Waals surface area contributed by atoms with Crippen molar-refractivity contribution in [2.24, 2.45) is 11.8 Å². The van der Waals surface area contributed by atoms with Gasteiger partial charge in [0.2, 0.25) is 10.0 Å². The first kappa shape index (κ1) is 16.3. The first-order chi connectivity index (χ1) is 10.0. The zero-order chi connectivity index (χ0) is 15.3. The monoisotopic (exact) mass is 310 g/mol. The maximum atomic E-state index is 11.9. The molecule has 0 radical (unpaired) electrons. The minimum absolute atomic E-state index is 0.320. The molecule has 1 aromatic rings. The molecule has 1 saturated carbocycles. The van der Waals surface area contributed by atoms with Gasteiger partial charge in [-0.15, -0.1) is 0 Å². The van der Waals surface area contributed by atoms with E-state index in [0.717, 1.165) is 24.1 Å². The minimum Gasteiger partial charge on any atom is -0.385 e. The van der Waals surface area contributed by atoms with E-state index in [2.05, 4.69) is 17.0 Å². The van der Waals surface area contributed by atoms with Crippen LogP contribution < -0.4 is 10.0 Å². The molecule has 0 spiro atoms. The molecule has 1 fully saturated rings. The summed E-state index contributed by atoms with van der Waals surface area (Å²) in [4.78, 5) is 0.320. The van der Waals surface area contributed by atoms with Crippen LogP contribution in [0.25, 0.3) is 0 Å². The lowest BCUT2D eigenvalue weighted by Crippen LogP contribution is -2.24. The molecule has 21 heavy (non-hydrogen) atoms. The Balaban J connectivity index is 1.93. The average molecular weight is 310 g/mol. The van der Waals surface area contributed by atoms with Crippen molar-refractivity contribution in [1.82, 2.24) is 4.72 Å². The van der Waals surface area contributed by atoms with Gasteiger partial charge in [-0.05, 0) is 42.5 Å². The van der Waals surface area contributed by atoms with Crippen molar-refractivity contribution < 1.29 is 8.42 Å². The highest BCUT2D eigenvalue weighted by molar-refractivity contribution is 7.89. The lowest BCUT2D eigenvalue weighted by molar-refractivity contribution is 0.268. The van der Waals surface area contributed by atoms with Crippen LogP contribution in [0.1, 0.15) is 39.5 Å². The van der Waals surface area contributed by atoms with Gasteiger partial charge in [-0.3, -0.25) is 0 Å². The summed E-state index contributed by atoms with van der Waals surface area (Å²) in [5.74, 6) is 1.50. The lowest BCUT2D eigenvalue weighted by atomic mass is 9.80. The quantitative estimate of drug-likeness (QED) is 0.848. The molecule has 2 unspecified atom stereocenters. The highest BCUT2D eigenvalue weighted by atomic mass is 32.2. The van der Waals surface area contributed by atoms with Gasteiger partial charge in [0.25, 0.3) is 0 Å². The fourth-order valence-corrected chi connectivity index (χ4v) is 4.01. The minimum atomic E-state index is -3.35. The number of hydrogen-bond donors (Lipinski definition) is 2. The molecule has 0 bridgehead atoms. The van der Waals surface area contributed by atoms with E-state index >= 15 is 0 Å². The summed E-state index contributed by atoms with van der Waals surface area (Å²) in [6, 6.07) is 7.00. The molecule has 1 aliphatic carbocycles. The highest BCUT2D eigenvalue weighted by Crippen LogP contribution is 2.29. The molecule has 0 amide bonds. The van der Waals surface area contributed by atoms with E-state index < -0.39 is 10.0 Å². The molecule has 2 N–H and O–H groups in total. The maximum Gasteiger partial charge on any atom is 0.240 e. The zero-order valence-corrected chi connectivity index (χ0v) is 13.7. The van der Waals surface area contributed by atoms with Crippen molar-refractivity contribution in [2.75, 3.05) is 18.4 Å². The Kier molecular flexibility index (Phi) is 5.65. The Morgan fingerprint density at radius 3 is 2.43 bits per heavy atom. The maximum absolute atomic E-state index is 11.9. The van der Waals surface area contributed by atoms with Gasteiger partial charge in [-0.2, -0.15) is 0 Å². The van der Waals surface area contributed by atoms with Crippen LogP contribution >= 0.6 is 0 Å². The summed E-state index contributed by atoms with van der Waals surface area (Å²) in [5, 5.41) is 3.44. The van der Waals surface area contributed by atoms with E-state index in [-0.39, 0.29) is 0 Å². The number of sulfonamides is 1. The van der Waals surface area contributed by atoms with Crippen molar-refractivity contribution in [3.63, 3.8) is 0 Å². The zero-order valence-electron chi connectivity index (χ0n) is 12.9. The summed E-state index contributed by atoms with van der Waals surface area (Å²) in [5.41, 5.74) is 0.989. The summed E-state index contributed by atoms with van der Waals surface area (Å²) >= 11 is 0. The first-order valence-corrected chi connectivity index (χ1v) is 9.35. The van der Waals surface area contributed by atoms with E-state index in [1.807, 2.05) is 12.1 Å².